The molecular formula is C21H46N+. The minimum absolute atomic E-state index is 0.617. The molecule has 0 aliphatic rings. The van der Waals surface area contributed by atoms with Crippen LogP contribution in [-0.4, -0.2) is 0 Å². The van der Waals surface area contributed by atoms with Crippen molar-refractivity contribution in [2.24, 2.45) is 18.9 Å². The van der Waals surface area contributed by atoms with E-state index in [1.807, 2.05) is 33.8 Å². The average Bonchev–Trinajstić information content (AvgIpc) is 2.42. The van der Waals surface area contributed by atoms with Crippen LogP contribution in [0.4, 0.5) is 0 Å². The highest BCUT2D eigenvalue weighted by Gasteiger charge is 2.07. The molecule has 134 valence electrons. The van der Waals surface area contributed by atoms with Crippen LogP contribution in [0.25, 0.3) is 0 Å². The van der Waals surface area contributed by atoms with Crippen molar-refractivity contribution in [1.82, 2.24) is 0 Å². The van der Waals surface area contributed by atoms with Gasteiger partial charge >= 0.3 is 0 Å². The third-order valence-corrected chi connectivity index (χ3v) is 1.69. The van der Waals surface area contributed by atoms with Crippen LogP contribution in [0, 0.1) is 11.8 Å². The van der Waals surface area contributed by atoms with Gasteiger partial charge in [-0.25, -0.2) is 4.57 Å². The van der Waals surface area contributed by atoms with Crippen LogP contribution in [0.3, 0.4) is 0 Å². The molecule has 0 aliphatic heterocycles. The SMILES string of the molecule is CC.CC.CC(C)C.CC(C)C.CC(C)c1cccc[n+]1C. The first-order valence-electron chi connectivity index (χ1n) is 9.13. The number of nitrogens with zero attached hydrogens (tertiary/aromatic N) is 1. The van der Waals surface area contributed by atoms with E-state index in [1.54, 1.807) is 0 Å². The molecule has 1 aromatic heterocycles. The lowest BCUT2D eigenvalue weighted by Gasteiger charge is -2.00. The molecule has 0 radical (unpaired) electrons. The Balaban J connectivity index is -0.000000114. The molecule has 1 nitrogen and oxygen atoms in total. The molecule has 0 fully saturated rings. The van der Waals surface area contributed by atoms with Gasteiger partial charge in [-0.05, 0) is 11.8 Å². The van der Waals surface area contributed by atoms with Gasteiger partial charge in [0.25, 0.3) is 0 Å². The summed E-state index contributed by atoms with van der Waals surface area (Å²) >= 11 is 0. The zero-order chi connectivity index (χ0) is 18.7. The molecule has 0 atom stereocenters. The molecule has 0 aromatic carbocycles. The van der Waals surface area contributed by atoms with Crippen LogP contribution in [-0.2, 0) is 7.05 Å². The first-order valence-corrected chi connectivity index (χ1v) is 9.13. The Labute approximate surface area is 143 Å². The number of rotatable bonds is 1. The van der Waals surface area contributed by atoms with Crippen LogP contribution < -0.4 is 4.57 Å². The van der Waals surface area contributed by atoms with Crippen LogP contribution in [0.15, 0.2) is 24.4 Å². The number of hydrogen-bond acceptors (Lipinski definition) is 0. The summed E-state index contributed by atoms with van der Waals surface area (Å²) in [5, 5.41) is 0. The van der Waals surface area contributed by atoms with Gasteiger partial charge in [0.1, 0.15) is 7.05 Å². The Bertz CT molecular complexity index is 276. The molecule has 1 heteroatoms. The van der Waals surface area contributed by atoms with Gasteiger partial charge < -0.3 is 0 Å². The zero-order valence-corrected chi connectivity index (χ0v) is 18.0. The number of aryl methyl sites for hydroxylation is 1. The Kier molecular flexibility index (Phi) is 29.8. The highest BCUT2D eigenvalue weighted by molar-refractivity contribution is 5.00. The quantitative estimate of drug-likeness (QED) is 0.491. The van der Waals surface area contributed by atoms with Crippen molar-refractivity contribution >= 4 is 0 Å². The van der Waals surface area contributed by atoms with Gasteiger partial charge in [-0.3, -0.25) is 0 Å². The lowest BCUT2D eigenvalue weighted by molar-refractivity contribution is -0.680. The summed E-state index contributed by atoms with van der Waals surface area (Å²) in [6.07, 6.45) is 2.08. The molecule has 22 heavy (non-hydrogen) atoms. The second-order valence-corrected chi connectivity index (χ2v) is 6.36. The molecule has 0 spiro atoms. The predicted octanol–water partition coefficient (Wildman–Crippen LogP) is 7.01. The summed E-state index contributed by atoms with van der Waals surface area (Å²) in [5.41, 5.74) is 1.38. The van der Waals surface area contributed by atoms with Gasteiger partial charge in [0.05, 0.1) is 0 Å². The van der Waals surface area contributed by atoms with Gasteiger partial charge in [0, 0.05) is 18.1 Å². The molecule has 0 aliphatic carbocycles. The van der Waals surface area contributed by atoms with E-state index in [-0.39, 0.29) is 0 Å². The van der Waals surface area contributed by atoms with Crippen LogP contribution in [0.5, 0.6) is 0 Å². The minimum Gasteiger partial charge on any atom is -0.205 e. The van der Waals surface area contributed by atoms with E-state index in [4.69, 9.17) is 0 Å². The lowest BCUT2D eigenvalue weighted by atomic mass is 10.1. The Hall–Kier alpha value is -0.850. The summed E-state index contributed by atoms with van der Waals surface area (Å²) in [6.45, 7) is 25.4. The third-order valence-electron chi connectivity index (χ3n) is 1.69. The molecule has 0 N–H and O–H groups in total. The van der Waals surface area contributed by atoms with E-state index in [9.17, 15) is 0 Å². The Morgan fingerprint density at radius 3 is 1.18 bits per heavy atom. The first kappa shape index (κ1) is 29.2. The monoisotopic (exact) mass is 312 g/mol. The second-order valence-electron chi connectivity index (χ2n) is 6.36. The van der Waals surface area contributed by atoms with Gasteiger partial charge in [-0.1, -0.05) is 89.2 Å². The molecule has 1 rings (SSSR count). The van der Waals surface area contributed by atoms with Crippen molar-refractivity contribution in [3.8, 4) is 0 Å². The first-order chi connectivity index (χ1) is 10.2. The number of hydrogen-bond donors (Lipinski definition) is 0. The molecule has 1 aromatic rings. The number of aromatic nitrogens is 1. The maximum Gasteiger partial charge on any atom is 0.183 e. The summed E-state index contributed by atoms with van der Waals surface area (Å²) in [7, 11) is 2.08. The van der Waals surface area contributed by atoms with Crippen LogP contribution >= 0.6 is 0 Å². The summed E-state index contributed by atoms with van der Waals surface area (Å²) in [4.78, 5) is 0. The minimum atomic E-state index is 0.617. The lowest BCUT2D eigenvalue weighted by Crippen LogP contribution is -2.33. The summed E-state index contributed by atoms with van der Waals surface area (Å²) in [5.74, 6) is 2.28. The second kappa shape index (κ2) is 22.4. The molecule has 1 heterocycles. The van der Waals surface area contributed by atoms with E-state index in [0.29, 0.717) is 5.92 Å². The standard InChI is InChI=1S/C9H14N.2C4H10.2C2H6/c1-8(2)9-6-4-5-7-10(9)3;2*1-4(2)3;2*1-2/h4-8H,1-3H3;2*4H,1-3H3;2*1-2H3/q+1;;;;. The van der Waals surface area contributed by atoms with Crippen molar-refractivity contribution in [3.05, 3.63) is 30.1 Å². The van der Waals surface area contributed by atoms with Gasteiger partial charge in [-0.15, -0.1) is 0 Å². The van der Waals surface area contributed by atoms with Crippen LogP contribution in [0.2, 0.25) is 0 Å². The molecule has 0 bridgehead atoms. The van der Waals surface area contributed by atoms with Crippen molar-refractivity contribution in [2.45, 2.75) is 89.0 Å². The van der Waals surface area contributed by atoms with E-state index in [2.05, 4.69) is 85.3 Å². The highest BCUT2D eigenvalue weighted by atomic mass is 14.9. The van der Waals surface area contributed by atoms with Gasteiger partial charge in [0.2, 0.25) is 0 Å². The van der Waals surface area contributed by atoms with E-state index >= 15 is 0 Å². The van der Waals surface area contributed by atoms with Crippen molar-refractivity contribution < 1.29 is 4.57 Å². The van der Waals surface area contributed by atoms with Crippen molar-refractivity contribution in [3.63, 3.8) is 0 Å². The normalized spacial score (nSPS) is 8.55. The largest absolute Gasteiger partial charge is 0.205 e. The average molecular weight is 313 g/mol. The van der Waals surface area contributed by atoms with E-state index < -0.39 is 0 Å². The summed E-state index contributed by atoms with van der Waals surface area (Å²) < 4.78 is 2.16. The molecule has 0 unspecified atom stereocenters. The smallest absolute Gasteiger partial charge is 0.183 e. The fraction of sp³-hybridized carbons (Fsp3) is 0.762. The highest BCUT2D eigenvalue weighted by Crippen LogP contribution is 2.06. The molecule has 0 saturated carbocycles. The maximum atomic E-state index is 2.20. The Morgan fingerprint density at radius 2 is 1.00 bits per heavy atom. The molecule has 0 amide bonds. The topological polar surface area (TPSA) is 3.88 Å². The predicted molar refractivity (Wildman–Crippen MR) is 105 cm³/mol. The van der Waals surface area contributed by atoms with E-state index in [1.165, 1.54) is 5.69 Å². The third kappa shape index (κ3) is 31.5. The molecular weight excluding hydrogens is 266 g/mol. The number of pyridine rings is 1. The van der Waals surface area contributed by atoms with Crippen LogP contribution in [0.1, 0.15) is 94.7 Å². The van der Waals surface area contributed by atoms with Gasteiger partial charge in [-0.2, -0.15) is 0 Å². The fourth-order valence-electron chi connectivity index (χ4n) is 1.14. The fourth-order valence-corrected chi connectivity index (χ4v) is 1.14. The Morgan fingerprint density at radius 1 is 0.682 bits per heavy atom. The van der Waals surface area contributed by atoms with Gasteiger partial charge in [0.15, 0.2) is 11.9 Å². The zero-order valence-electron chi connectivity index (χ0n) is 18.0. The van der Waals surface area contributed by atoms with Crippen molar-refractivity contribution in [2.75, 3.05) is 0 Å². The summed E-state index contributed by atoms with van der Waals surface area (Å²) in [6, 6.07) is 6.28. The maximum absolute atomic E-state index is 2.20. The van der Waals surface area contributed by atoms with E-state index in [0.717, 1.165) is 11.8 Å². The van der Waals surface area contributed by atoms with Crippen molar-refractivity contribution in [1.29, 1.82) is 0 Å². The molecule has 0 saturated heterocycles.